The third-order valence-electron chi connectivity index (χ3n) is 2.78. The van der Waals surface area contributed by atoms with Gasteiger partial charge >= 0.3 is 18.1 Å². The highest BCUT2D eigenvalue weighted by atomic mass is 16.7. The lowest BCUT2D eigenvalue weighted by Crippen LogP contribution is -2.36. The smallest absolute Gasteiger partial charge is 0.461 e. The molecule has 0 aromatic heterocycles. The van der Waals surface area contributed by atoms with E-state index in [1.165, 1.54) is 0 Å². The number of nitrogens with two attached hydrogens (primary N) is 1. The van der Waals surface area contributed by atoms with Crippen molar-refractivity contribution in [1.82, 2.24) is 0 Å². The molecule has 0 saturated heterocycles. The van der Waals surface area contributed by atoms with Crippen molar-refractivity contribution in [3.8, 4) is 0 Å². The highest BCUT2D eigenvalue weighted by Crippen LogP contribution is 2.09. The molecule has 0 aliphatic heterocycles. The zero-order valence-electron chi connectivity index (χ0n) is 14.1. The van der Waals surface area contributed by atoms with Gasteiger partial charge in [-0.3, -0.25) is 4.79 Å². The van der Waals surface area contributed by atoms with Crippen molar-refractivity contribution in [2.24, 2.45) is 5.73 Å². The number of hydrogen-bond acceptors (Lipinski definition) is 7. The standard InChI is InChI=1S/C17H23NO6/c1-17(2,3)24-16(21)23-15(20)13(18)9-10-14(19)22-11-12-7-5-4-6-8-12/h4-8,13H,9-11,18H2,1-3H3. The molecule has 1 rings (SSSR count). The predicted molar refractivity (Wildman–Crippen MR) is 85.8 cm³/mol. The van der Waals surface area contributed by atoms with Gasteiger partial charge in [0.2, 0.25) is 0 Å². The summed E-state index contributed by atoms with van der Waals surface area (Å²) >= 11 is 0. The molecular weight excluding hydrogens is 314 g/mol. The van der Waals surface area contributed by atoms with E-state index in [0.717, 1.165) is 5.56 Å². The Bertz CT molecular complexity index is 564. The van der Waals surface area contributed by atoms with Crippen molar-refractivity contribution in [3.63, 3.8) is 0 Å². The van der Waals surface area contributed by atoms with Crippen LogP contribution in [0.3, 0.4) is 0 Å². The molecule has 0 spiro atoms. The lowest BCUT2D eigenvalue weighted by Gasteiger charge is -2.19. The number of carbonyl (C=O) groups is 3. The first kappa shape index (κ1) is 19.6. The molecule has 7 nitrogen and oxygen atoms in total. The van der Waals surface area contributed by atoms with E-state index in [1.807, 2.05) is 30.3 Å². The monoisotopic (exact) mass is 337 g/mol. The largest absolute Gasteiger partial charge is 0.516 e. The molecule has 0 heterocycles. The summed E-state index contributed by atoms with van der Waals surface area (Å²) in [5.41, 5.74) is 5.68. The van der Waals surface area contributed by atoms with E-state index < -0.39 is 29.7 Å². The second-order valence-corrected chi connectivity index (χ2v) is 6.18. The van der Waals surface area contributed by atoms with Crippen molar-refractivity contribution in [2.45, 2.75) is 51.9 Å². The summed E-state index contributed by atoms with van der Waals surface area (Å²) in [6, 6.07) is 8.09. The lowest BCUT2D eigenvalue weighted by molar-refractivity contribution is -0.146. The fourth-order valence-corrected chi connectivity index (χ4v) is 1.63. The fraction of sp³-hybridized carbons (Fsp3) is 0.471. The van der Waals surface area contributed by atoms with Crippen LogP contribution < -0.4 is 5.73 Å². The summed E-state index contributed by atoms with van der Waals surface area (Å²) in [5.74, 6) is -1.43. The van der Waals surface area contributed by atoms with E-state index in [1.54, 1.807) is 20.8 Å². The van der Waals surface area contributed by atoms with Gasteiger partial charge in [-0.15, -0.1) is 0 Å². The maximum Gasteiger partial charge on any atom is 0.516 e. The number of benzene rings is 1. The van der Waals surface area contributed by atoms with Gasteiger partial charge in [0.15, 0.2) is 0 Å². The maximum absolute atomic E-state index is 11.6. The molecule has 0 radical (unpaired) electrons. The normalized spacial score (nSPS) is 12.2. The van der Waals surface area contributed by atoms with Gasteiger partial charge in [0.25, 0.3) is 0 Å². The summed E-state index contributed by atoms with van der Waals surface area (Å²) in [4.78, 5) is 34.6. The molecule has 0 amide bonds. The van der Waals surface area contributed by atoms with E-state index in [9.17, 15) is 14.4 Å². The SMILES string of the molecule is CC(C)(C)OC(=O)OC(=O)C(N)CCC(=O)OCc1ccccc1. The van der Waals surface area contributed by atoms with E-state index in [-0.39, 0.29) is 19.4 Å². The minimum absolute atomic E-state index is 0.00918. The average Bonchev–Trinajstić information content (AvgIpc) is 2.49. The quantitative estimate of drug-likeness (QED) is 0.627. The summed E-state index contributed by atoms with van der Waals surface area (Å²) in [5, 5.41) is 0. The third-order valence-corrected chi connectivity index (χ3v) is 2.78. The van der Waals surface area contributed by atoms with Crippen LogP contribution in [-0.4, -0.2) is 29.7 Å². The fourth-order valence-electron chi connectivity index (χ4n) is 1.63. The highest BCUT2D eigenvalue weighted by molar-refractivity contribution is 5.85. The van der Waals surface area contributed by atoms with Crippen LogP contribution in [0.25, 0.3) is 0 Å². The second-order valence-electron chi connectivity index (χ2n) is 6.18. The van der Waals surface area contributed by atoms with Crippen molar-refractivity contribution < 1.29 is 28.6 Å². The van der Waals surface area contributed by atoms with Gasteiger partial charge in [0, 0.05) is 6.42 Å². The van der Waals surface area contributed by atoms with Crippen LogP contribution in [0.5, 0.6) is 0 Å². The van der Waals surface area contributed by atoms with Crippen molar-refractivity contribution in [3.05, 3.63) is 35.9 Å². The molecule has 1 aromatic carbocycles. The van der Waals surface area contributed by atoms with Crippen LogP contribution >= 0.6 is 0 Å². The Hall–Kier alpha value is -2.41. The summed E-state index contributed by atoms with van der Waals surface area (Å²) in [7, 11) is 0. The Labute approximate surface area is 141 Å². The zero-order valence-corrected chi connectivity index (χ0v) is 14.1. The minimum Gasteiger partial charge on any atom is -0.461 e. The van der Waals surface area contributed by atoms with Gasteiger partial charge < -0.3 is 19.9 Å². The molecule has 1 atom stereocenters. The zero-order chi connectivity index (χ0) is 18.2. The Morgan fingerprint density at radius 2 is 1.75 bits per heavy atom. The van der Waals surface area contributed by atoms with Gasteiger partial charge in [0.05, 0.1) is 0 Å². The van der Waals surface area contributed by atoms with Gasteiger partial charge in [-0.05, 0) is 32.8 Å². The van der Waals surface area contributed by atoms with Gasteiger partial charge in [-0.2, -0.15) is 0 Å². The molecule has 24 heavy (non-hydrogen) atoms. The van der Waals surface area contributed by atoms with Crippen molar-refractivity contribution >= 4 is 18.1 Å². The minimum atomic E-state index is -1.12. The molecule has 0 bridgehead atoms. The molecule has 0 aliphatic rings. The van der Waals surface area contributed by atoms with Crippen LogP contribution in [0.1, 0.15) is 39.2 Å². The van der Waals surface area contributed by atoms with E-state index >= 15 is 0 Å². The molecular formula is C17H23NO6. The van der Waals surface area contributed by atoms with E-state index in [4.69, 9.17) is 15.2 Å². The summed E-state index contributed by atoms with van der Waals surface area (Å²) < 4.78 is 14.4. The van der Waals surface area contributed by atoms with Gasteiger partial charge in [-0.1, -0.05) is 30.3 Å². The van der Waals surface area contributed by atoms with Crippen molar-refractivity contribution in [2.75, 3.05) is 0 Å². The Morgan fingerprint density at radius 1 is 1.12 bits per heavy atom. The molecule has 0 saturated carbocycles. The van der Waals surface area contributed by atoms with E-state index in [0.29, 0.717) is 0 Å². The van der Waals surface area contributed by atoms with E-state index in [2.05, 4.69) is 4.74 Å². The number of hydrogen-bond donors (Lipinski definition) is 1. The number of ether oxygens (including phenoxy) is 3. The summed E-state index contributed by atoms with van der Waals surface area (Å²) in [6.07, 6.45) is -1.17. The molecule has 0 fully saturated rings. The Balaban J connectivity index is 2.29. The summed E-state index contributed by atoms with van der Waals surface area (Å²) in [6.45, 7) is 5.07. The number of esters is 2. The molecule has 132 valence electrons. The Morgan fingerprint density at radius 3 is 2.33 bits per heavy atom. The number of carbonyl (C=O) groups excluding carboxylic acids is 3. The molecule has 0 aliphatic carbocycles. The van der Waals surface area contributed by atoms with Gasteiger partial charge in [-0.25, -0.2) is 9.59 Å². The predicted octanol–water partition coefficient (Wildman–Crippen LogP) is 2.32. The number of rotatable bonds is 6. The first-order chi connectivity index (χ1) is 11.2. The van der Waals surface area contributed by atoms with Crippen molar-refractivity contribution in [1.29, 1.82) is 0 Å². The van der Waals surface area contributed by atoms with Crippen LogP contribution in [0.2, 0.25) is 0 Å². The molecule has 1 aromatic rings. The van der Waals surface area contributed by atoms with Crippen LogP contribution in [0.4, 0.5) is 4.79 Å². The second kappa shape index (κ2) is 9.02. The first-order valence-corrected chi connectivity index (χ1v) is 7.57. The Kier molecular flexibility index (Phi) is 7.38. The molecule has 7 heteroatoms. The van der Waals surface area contributed by atoms with Crippen LogP contribution in [0, 0.1) is 0 Å². The maximum atomic E-state index is 11.6. The topological polar surface area (TPSA) is 105 Å². The van der Waals surface area contributed by atoms with Gasteiger partial charge in [0.1, 0.15) is 18.2 Å². The lowest BCUT2D eigenvalue weighted by atomic mass is 10.2. The van der Waals surface area contributed by atoms with Crippen LogP contribution in [0.15, 0.2) is 30.3 Å². The molecule has 1 unspecified atom stereocenters. The average molecular weight is 337 g/mol. The third kappa shape index (κ3) is 8.28. The van der Waals surface area contributed by atoms with Crippen LogP contribution in [-0.2, 0) is 30.4 Å². The molecule has 2 N–H and O–H groups in total. The highest BCUT2D eigenvalue weighted by Gasteiger charge is 2.24. The first-order valence-electron chi connectivity index (χ1n) is 7.57.